The molecule has 0 saturated carbocycles. The average Bonchev–Trinajstić information content (AvgIpc) is 3.17. The highest BCUT2D eigenvalue weighted by Gasteiger charge is 2.33. The second-order valence-corrected chi connectivity index (χ2v) is 9.75. The molecule has 0 atom stereocenters. The molecule has 0 unspecified atom stereocenters. The Hall–Kier alpha value is -3.53. The van der Waals surface area contributed by atoms with E-state index in [0.29, 0.717) is 49.5 Å². The molecule has 0 bridgehead atoms. The predicted molar refractivity (Wildman–Crippen MR) is 152 cm³/mol. The van der Waals surface area contributed by atoms with Crippen molar-refractivity contribution >= 4 is 69.2 Å². The van der Waals surface area contributed by atoms with Crippen molar-refractivity contribution < 1.29 is 23.8 Å². The van der Waals surface area contributed by atoms with E-state index in [1.165, 1.54) is 16.7 Å². The first-order valence-corrected chi connectivity index (χ1v) is 12.9. The van der Waals surface area contributed by atoms with Crippen LogP contribution in [-0.4, -0.2) is 36.5 Å². The van der Waals surface area contributed by atoms with Crippen LogP contribution in [0.25, 0.3) is 6.08 Å². The standard InChI is InChI=1S/C27H23ClN2O5S2/c1-3-34-23-14-17(8-13-22(23)35-16-25(31)29-21-7-5-4-6-20(21)28)15-24-26(32)30(27(36)37-24)18-9-11-19(33-2)12-10-18/h4-15H,3,16H2,1-2H3,(H,29,31)/b24-15-. The highest BCUT2D eigenvalue weighted by Crippen LogP contribution is 2.37. The molecule has 4 rings (SSSR count). The van der Waals surface area contributed by atoms with Gasteiger partial charge in [0.2, 0.25) is 0 Å². The second kappa shape index (κ2) is 12.1. The molecular weight excluding hydrogens is 532 g/mol. The van der Waals surface area contributed by atoms with E-state index < -0.39 is 0 Å². The monoisotopic (exact) mass is 554 g/mol. The molecule has 0 aliphatic carbocycles. The number of carbonyl (C=O) groups excluding carboxylic acids is 2. The summed E-state index contributed by atoms with van der Waals surface area (Å²) < 4.78 is 17.1. The number of benzene rings is 3. The lowest BCUT2D eigenvalue weighted by Gasteiger charge is -2.15. The molecule has 1 saturated heterocycles. The Balaban J connectivity index is 1.47. The van der Waals surface area contributed by atoms with Crippen molar-refractivity contribution in [3.8, 4) is 17.2 Å². The third-order valence-electron chi connectivity index (χ3n) is 5.20. The maximum atomic E-state index is 13.1. The largest absolute Gasteiger partial charge is 0.497 e. The van der Waals surface area contributed by atoms with Crippen molar-refractivity contribution in [2.45, 2.75) is 6.92 Å². The van der Waals surface area contributed by atoms with Crippen molar-refractivity contribution in [1.29, 1.82) is 0 Å². The molecule has 1 fully saturated rings. The average molecular weight is 555 g/mol. The van der Waals surface area contributed by atoms with Crippen LogP contribution < -0.4 is 24.4 Å². The van der Waals surface area contributed by atoms with Crippen molar-refractivity contribution in [3.63, 3.8) is 0 Å². The van der Waals surface area contributed by atoms with E-state index in [9.17, 15) is 9.59 Å². The Morgan fingerprint density at radius 2 is 1.84 bits per heavy atom. The summed E-state index contributed by atoms with van der Waals surface area (Å²) in [6.45, 7) is 2.01. The van der Waals surface area contributed by atoms with Gasteiger partial charge in [-0.2, -0.15) is 0 Å². The topological polar surface area (TPSA) is 77.1 Å². The number of nitrogens with one attached hydrogen (secondary N) is 1. The Kier molecular flexibility index (Phi) is 8.70. The first-order valence-electron chi connectivity index (χ1n) is 11.3. The van der Waals surface area contributed by atoms with Crippen LogP contribution in [0.5, 0.6) is 17.2 Å². The summed E-state index contributed by atoms with van der Waals surface area (Å²) in [5, 5.41) is 3.15. The van der Waals surface area contributed by atoms with Gasteiger partial charge < -0.3 is 19.5 Å². The molecule has 10 heteroatoms. The van der Waals surface area contributed by atoms with Gasteiger partial charge >= 0.3 is 0 Å². The SMILES string of the molecule is CCOc1cc(/C=C2\SC(=S)N(c3ccc(OC)cc3)C2=O)ccc1OCC(=O)Nc1ccccc1Cl. The van der Waals surface area contributed by atoms with E-state index in [1.54, 1.807) is 79.9 Å². The fourth-order valence-electron chi connectivity index (χ4n) is 3.47. The molecule has 0 aromatic heterocycles. The number of hydrogen-bond donors (Lipinski definition) is 1. The lowest BCUT2D eigenvalue weighted by molar-refractivity contribution is -0.118. The predicted octanol–water partition coefficient (Wildman–Crippen LogP) is 6.17. The summed E-state index contributed by atoms with van der Waals surface area (Å²) in [4.78, 5) is 27.4. The number of rotatable bonds is 9. The number of thiocarbonyl (C=S) groups is 1. The number of hydrogen-bond acceptors (Lipinski definition) is 7. The number of methoxy groups -OCH3 is 1. The first-order chi connectivity index (χ1) is 17.9. The molecule has 1 aliphatic rings. The lowest BCUT2D eigenvalue weighted by Crippen LogP contribution is -2.27. The van der Waals surface area contributed by atoms with Crippen molar-refractivity contribution in [2.24, 2.45) is 0 Å². The van der Waals surface area contributed by atoms with Crippen LogP contribution in [0.1, 0.15) is 12.5 Å². The molecule has 3 aromatic carbocycles. The van der Waals surface area contributed by atoms with Crippen LogP contribution >= 0.6 is 35.6 Å². The van der Waals surface area contributed by atoms with Gasteiger partial charge in [0.1, 0.15) is 5.75 Å². The highest BCUT2D eigenvalue weighted by atomic mass is 35.5. The van der Waals surface area contributed by atoms with Crippen LogP contribution in [0.2, 0.25) is 5.02 Å². The van der Waals surface area contributed by atoms with Gasteiger partial charge in [-0.3, -0.25) is 14.5 Å². The minimum atomic E-state index is -0.359. The van der Waals surface area contributed by atoms with Crippen LogP contribution in [-0.2, 0) is 9.59 Å². The minimum Gasteiger partial charge on any atom is -0.497 e. The smallest absolute Gasteiger partial charge is 0.270 e. The number of amides is 2. The van der Waals surface area contributed by atoms with Gasteiger partial charge in [0, 0.05) is 0 Å². The van der Waals surface area contributed by atoms with Gasteiger partial charge in [0.25, 0.3) is 11.8 Å². The summed E-state index contributed by atoms with van der Waals surface area (Å²) in [5.74, 6) is 0.972. The van der Waals surface area contributed by atoms with Gasteiger partial charge in [-0.15, -0.1) is 0 Å². The Labute approximate surface area is 229 Å². The van der Waals surface area contributed by atoms with E-state index in [1.807, 2.05) is 6.92 Å². The van der Waals surface area contributed by atoms with Gasteiger partial charge in [0.05, 0.1) is 35.0 Å². The number of anilines is 2. The van der Waals surface area contributed by atoms with E-state index in [2.05, 4.69) is 5.32 Å². The molecule has 7 nitrogen and oxygen atoms in total. The maximum absolute atomic E-state index is 13.1. The van der Waals surface area contributed by atoms with Crippen molar-refractivity contribution in [3.05, 3.63) is 82.2 Å². The molecule has 0 radical (unpaired) electrons. The summed E-state index contributed by atoms with van der Waals surface area (Å²) in [6, 6.07) is 19.3. The lowest BCUT2D eigenvalue weighted by atomic mass is 10.1. The van der Waals surface area contributed by atoms with Crippen molar-refractivity contribution in [2.75, 3.05) is 30.5 Å². The van der Waals surface area contributed by atoms with Gasteiger partial charge in [-0.1, -0.05) is 53.8 Å². The molecule has 3 aromatic rings. The molecular formula is C27H23ClN2O5S2. The normalized spacial score (nSPS) is 14.1. The zero-order valence-electron chi connectivity index (χ0n) is 20.0. The molecule has 1 aliphatic heterocycles. The quantitative estimate of drug-likeness (QED) is 0.250. The third-order valence-corrected chi connectivity index (χ3v) is 6.83. The molecule has 190 valence electrons. The fraction of sp³-hybridized carbons (Fsp3) is 0.148. The van der Waals surface area contributed by atoms with E-state index >= 15 is 0 Å². The number of thioether (sulfide) groups is 1. The zero-order chi connectivity index (χ0) is 26.4. The number of nitrogens with zero attached hydrogens (tertiary/aromatic N) is 1. The molecule has 2 amide bonds. The molecule has 1 N–H and O–H groups in total. The van der Waals surface area contributed by atoms with Crippen LogP contribution in [0.4, 0.5) is 11.4 Å². The number of para-hydroxylation sites is 1. The van der Waals surface area contributed by atoms with Gasteiger partial charge in [0.15, 0.2) is 22.4 Å². The number of ether oxygens (including phenoxy) is 3. The van der Waals surface area contributed by atoms with Gasteiger partial charge in [-0.05, 0) is 67.1 Å². The third kappa shape index (κ3) is 6.43. The number of carbonyl (C=O) groups is 2. The highest BCUT2D eigenvalue weighted by molar-refractivity contribution is 8.27. The first kappa shape index (κ1) is 26.5. The van der Waals surface area contributed by atoms with E-state index in [-0.39, 0.29) is 18.4 Å². The second-order valence-electron chi connectivity index (χ2n) is 7.67. The summed E-state index contributed by atoms with van der Waals surface area (Å²) in [5.41, 5.74) is 1.90. The van der Waals surface area contributed by atoms with Crippen LogP contribution in [0.15, 0.2) is 71.6 Å². The van der Waals surface area contributed by atoms with E-state index in [0.717, 1.165) is 5.56 Å². The Morgan fingerprint density at radius 3 is 2.54 bits per heavy atom. The summed E-state index contributed by atoms with van der Waals surface area (Å²) in [6.07, 6.45) is 1.75. The molecule has 0 spiro atoms. The Morgan fingerprint density at radius 1 is 1.08 bits per heavy atom. The molecule has 1 heterocycles. The fourth-order valence-corrected chi connectivity index (χ4v) is 4.95. The maximum Gasteiger partial charge on any atom is 0.270 e. The number of halogens is 1. The van der Waals surface area contributed by atoms with E-state index in [4.69, 9.17) is 38.0 Å². The minimum absolute atomic E-state index is 0.213. The van der Waals surface area contributed by atoms with Crippen LogP contribution in [0.3, 0.4) is 0 Å². The summed E-state index contributed by atoms with van der Waals surface area (Å²) >= 11 is 12.8. The molecule has 37 heavy (non-hydrogen) atoms. The summed E-state index contributed by atoms with van der Waals surface area (Å²) in [7, 11) is 1.58. The zero-order valence-corrected chi connectivity index (χ0v) is 22.4. The van der Waals surface area contributed by atoms with Crippen LogP contribution in [0, 0.1) is 0 Å². The van der Waals surface area contributed by atoms with Gasteiger partial charge in [-0.25, -0.2) is 0 Å². The van der Waals surface area contributed by atoms with Crippen molar-refractivity contribution in [1.82, 2.24) is 0 Å². The Bertz CT molecular complexity index is 1360.